The predicted octanol–water partition coefficient (Wildman–Crippen LogP) is 5.36. The third-order valence-corrected chi connectivity index (χ3v) is 4.75. The predicted molar refractivity (Wildman–Crippen MR) is 117 cm³/mol. The first kappa shape index (κ1) is 22.3. The summed E-state index contributed by atoms with van der Waals surface area (Å²) in [6.45, 7) is 4.10. The van der Waals surface area contributed by atoms with Gasteiger partial charge in [0.2, 0.25) is 5.82 Å². The summed E-state index contributed by atoms with van der Waals surface area (Å²) in [6.07, 6.45) is 1.08. The Morgan fingerprint density at radius 1 is 1.13 bits per heavy atom. The largest absolute Gasteiger partial charge is 0.434 e. The smallest absolute Gasteiger partial charge is 0.374 e. The number of hydrazine groups is 1. The fourth-order valence-electron chi connectivity index (χ4n) is 2.58. The average molecular weight is 462 g/mol. The van der Waals surface area contributed by atoms with Gasteiger partial charge in [-0.15, -0.1) is 0 Å². The molecule has 31 heavy (non-hydrogen) atoms. The van der Waals surface area contributed by atoms with E-state index in [0.29, 0.717) is 16.7 Å². The van der Waals surface area contributed by atoms with Gasteiger partial charge < -0.3 is 4.74 Å². The van der Waals surface area contributed by atoms with Crippen molar-refractivity contribution in [2.75, 3.05) is 5.43 Å². The second-order valence-corrected chi connectivity index (χ2v) is 7.51. The van der Waals surface area contributed by atoms with Gasteiger partial charge in [0.25, 0.3) is 5.91 Å². The molecule has 0 fully saturated rings. The van der Waals surface area contributed by atoms with E-state index in [1.54, 1.807) is 12.1 Å². The van der Waals surface area contributed by atoms with Gasteiger partial charge >= 0.3 is 11.6 Å². The second-order valence-electron chi connectivity index (χ2n) is 6.66. The molecule has 0 unspecified atom stereocenters. The van der Waals surface area contributed by atoms with Gasteiger partial charge in [0.05, 0.1) is 15.5 Å². The number of ether oxygens (including phenoxy) is 1. The molecular formula is C20H17Cl2N5O4. The minimum atomic E-state index is -0.707. The van der Waals surface area contributed by atoms with Crippen LogP contribution < -0.4 is 15.6 Å². The van der Waals surface area contributed by atoms with Crippen LogP contribution in [0.2, 0.25) is 10.0 Å². The van der Waals surface area contributed by atoms with Gasteiger partial charge in [-0.1, -0.05) is 49.2 Å². The summed E-state index contributed by atoms with van der Waals surface area (Å²) in [5.74, 6) is -0.475. The third-order valence-electron chi connectivity index (χ3n) is 4.20. The molecular weight excluding hydrogens is 445 g/mol. The summed E-state index contributed by atoms with van der Waals surface area (Å²) < 4.78 is 5.59. The molecule has 0 spiro atoms. The van der Waals surface area contributed by atoms with Crippen molar-refractivity contribution in [2.45, 2.75) is 19.8 Å². The summed E-state index contributed by atoms with van der Waals surface area (Å²) >= 11 is 11.8. The third kappa shape index (κ3) is 5.39. The Morgan fingerprint density at radius 2 is 1.84 bits per heavy atom. The number of carbonyl (C=O) groups is 1. The molecule has 0 radical (unpaired) electrons. The van der Waals surface area contributed by atoms with Crippen molar-refractivity contribution >= 4 is 40.6 Å². The lowest BCUT2D eigenvalue weighted by Crippen LogP contribution is -2.30. The van der Waals surface area contributed by atoms with Crippen molar-refractivity contribution in [2.24, 2.45) is 0 Å². The Kier molecular flexibility index (Phi) is 6.88. The average Bonchev–Trinajstić information content (AvgIpc) is 2.72. The molecule has 2 N–H and O–H groups in total. The molecule has 0 aliphatic heterocycles. The van der Waals surface area contributed by atoms with Crippen LogP contribution in [0.1, 0.15) is 35.7 Å². The molecule has 3 aromatic rings. The molecule has 3 rings (SSSR count). The Hall–Kier alpha value is -3.43. The first-order valence-corrected chi connectivity index (χ1v) is 9.80. The SMILES string of the molecule is CC(C)c1ccc(Oc2ncnc(NNC(=O)c3ccc(Cl)cc3Cl)c2[N+](=O)[O-])cc1. The van der Waals surface area contributed by atoms with Crippen molar-refractivity contribution in [3.05, 3.63) is 80.1 Å². The van der Waals surface area contributed by atoms with Crippen LogP contribution in [0.4, 0.5) is 11.5 Å². The highest BCUT2D eigenvalue weighted by Gasteiger charge is 2.26. The zero-order valence-electron chi connectivity index (χ0n) is 16.4. The minimum absolute atomic E-state index is 0.122. The van der Waals surface area contributed by atoms with Crippen molar-refractivity contribution in [1.82, 2.24) is 15.4 Å². The van der Waals surface area contributed by atoms with Gasteiger partial charge in [-0.3, -0.25) is 25.8 Å². The van der Waals surface area contributed by atoms with E-state index in [2.05, 4.69) is 34.7 Å². The molecule has 1 amide bonds. The normalized spacial score (nSPS) is 10.6. The number of hydrogen-bond acceptors (Lipinski definition) is 7. The number of carbonyl (C=O) groups excluding carboxylic acids is 1. The zero-order chi connectivity index (χ0) is 22.5. The lowest BCUT2D eigenvalue weighted by molar-refractivity contribution is -0.385. The number of nitrogens with zero attached hydrogens (tertiary/aromatic N) is 3. The lowest BCUT2D eigenvalue weighted by atomic mass is 10.0. The molecule has 0 saturated carbocycles. The van der Waals surface area contributed by atoms with Crippen molar-refractivity contribution in [3.63, 3.8) is 0 Å². The van der Waals surface area contributed by atoms with Crippen LogP contribution in [0.5, 0.6) is 11.6 Å². The second kappa shape index (κ2) is 9.59. The maximum absolute atomic E-state index is 12.3. The molecule has 11 heteroatoms. The van der Waals surface area contributed by atoms with Crippen LogP contribution in [0.15, 0.2) is 48.8 Å². The number of anilines is 1. The van der Waals surface area contributed by atoms with E-state index in [1.807, 2.05) is 12.1 Å². The number of halogens is 2. The van der Waals surface area contributed by atoms with E-state index >= 15 is 0 Å². The van der Waals surface area contributed by atoms with E-state index in [0.717, 1.165) is 11.9 Å². The van der Waals surface area contributed by atoms with E-state index < -0.39 is 16.5 Å². The van der Waals surface area contributed by atoms with Gasteiger partial charge in [-0.25, -0.2) is 4.98 Å². The summed E-state index contributed by atoms with van der Waals surface area (Å²) in [5.41, 5.74) is 5.41. The molecule has 0 atom stereocenters. The molecule has 9 nitrogen and oxygen atoms in total. The number of nitrogens with one attached hydrogen (secondary N) is 2. The maximum Gasteiger partial charge on any atom is 0.374 e. The Morgan fingerprint density at radius 3 is 2.45 bits per heavy atom. The fourth-order valence-corrected chi connectivity index (χ4v) is 3.08. The molecule has 0 saturated heterocycles. The molecule has 1 aromatic heterocycles. The van der Waals surface area contributed by atoms with E-state index in [-0.39, 0.29) is 22.3 Å². The highest BCUT2D eigenvalue weighted by atomic mass is 35.5. The Labute approximate surface area is 187 Å². The zero-order valence-corrected chi connectivity index (χ0v) is 17.9. The molecule has 0 aliphatic rings. The van der Waals surface area contributed by atoms with E-state index in [4.69, 9.17) is 27.9 Å². The van der Waals surface area contributed by atoms with E-state index in [9.17, 15) is 14.9 Å². The summed E-state index contributed by atoms with van der Waals surface area (Å²) in [7, 11) is 0. The van der Waals surface area contributed by atoms with E-state index in [1.165, 1.54) is 18.2 Å². The van der Waals surface area contributed by atoms with Gasteiger partial charge in [-0.05, 0) is 41.8 Å². The first-order valence-electron chi connectivity index (χ1n) is 9.05. The highest BCUT2D eigenvalue weighted by Crippen LogP contribution is 2.34. The Balaban J connectivity index is 1.81. The number of amides is 1. The van der Waals surface area contributed by atoms with Gasteiger partial charge in [-0.2, -0.15) is 4.98 Å². The molecule has 0 bridgehead atoms. The van der Waals surface area contributed by atoms with Gasteiger partial charge in [0, 0.05) is 5.02 Å². The topological polar surface area (TPSA) is 119 Å². The van der Waals surface area contributed by atoms with Crippen LogP contribution >= 0.6 is 23.2 Å². The summed E-state index contributed by atoms with van der Waals surface area (Å²) in [6, 6.07) is 11.4. The molecule has 0 aliphatic carbocycles. The highest BCUT2D eigenvalue weighted by molar-refractivity contribution is 6.36. The Bertz CT molecular complexity index is 1120. The summed E-state index contributed by atoms with van der Waals surface area (Å²) in [5, 5.41) is 12.1. The quantitative estimate of drug-likeness (QED) is 0.358. The fraction of sp³-hybridized carbons (Fsp3) is 0.150. The molecule has 2 aromatic carbocycles. The van der Waals surface area contributed by atoms with Crippen molar-refractivity contribution in [1.29, 1.82) is 0 Å². The van der Waals surface area contributed by atoms with Crippen molar-refractivity contribution in [3.8, 4) is 11.6 Å². The number of nitro groups is 1. The lowest BCUT2D eigenvalue weighted by Gasteiger charge is -2.11. The monoisotopic (exact) mass is 461 g/mol. The van der Waals surface area contributed by atoms with Crippen molar-refractivity contribution < 1.29 is 14.5 Å². The standard InChI is InChI=1S/C20H17Cl2N5O4/c1-11(2)12-3-6-14(7-4-12)31-20-17(27(29)30)18(23-10-24-20)25-26-19(28)15-8-5-13(21)9-16(15)22/h3-11H,1-2H3,(H,26,28)(H,23,24,25). The van der Waals surface area contributed by atoms with Crippen LogP contribution in [0, 0.1) is 10.1 Å². The number of rotatable bonds is 7. The van der Waals surface area contributed by atoms with Gasteiger partial charge in [0.1, 0.15) is 12.1 Å². The number of hydrogen-bond donors (Lipinski definition) is 2. The van der Waals surface area contributed by atoms with Crippen LogP contribution in [-0.4, -0.2) is 20.8 Å². The molecule has 1 heterocycles. The molecule has 160 valence electrons. The maximum atomic E-state index is 12.3. The number of benzene rings is 2. The van der Waals surface area contributed by atoms with Crippen LogP contribution in [-0.2, 0) is 0 Å². The first-order chi connectivity index (χ1) is 14.8. The summed E-state index contributed by atoms with van der Waals surface area (Å²) in [4.78, 5) is 31.0. The van der Waals surface area contributed by atoms with Crippen LogP contribution in [0.3, 0.4) is 0 Å². The number of aromatic nitrogens is 2. The van der Waals surface area contributed by atoms with Gasteiger partial charge in [0.15, 0.2) is 0 Å². The minimum Gasteiger partial charge on any atom is -0.434 e. The van der Waals surface area contributed by atoms with Crippen LogP contribution in [0.25, 0.3) is 0 Å².